The van der Waals surface area contributed by atoms with Crippen LogP contribution in [0.3, 0.4) is 0 Å². The summed E-state index contributed by atoms with van der Waals surface area (Å²) >= 11 is 11.3. The molecule has 32 heavy (non-hydrogen) atoms. The Morgan fingerprint density at radius 3 is 2.44 bits per heavy atom. The normalized spacial score (nSPS) is 12.4. The number of halogens is 1. The first kappa shape index (κ1) is 21.5. The molecule has 7 nitrogen and oxygen atoms in total. The smallest absolute Gasteiger partial charge is 0.268 e. The highest BCUT2D eigenvalue weighted by Gasteiger charge is 2.38. The van der Waals surface area contributed by atoms with Crippen molar-refractivity contribution in [2.24, 2.45) is 0 Å². The number of carbonyl (C=O) groups excluding carboxylic acids is 3. The number of thiocarbonyl (C=S) groups is 1. The van der Waals surface area contributed by atoms with E-state index in [1.165, 1.54) is 13.2 Å². The second kappa shape index (κ2) is 8.78. The summed E-state index contributed by atoms with van der Waals surface area (Å²) in [6.45, 7) is 0. The minimum absolute atomic E-state index is 0.0336. The maximum absolute atomic E-state index is 13.1. The molecule has 0 aromatic heterocycles. The highest BCUT2D eigenvalue weighted by Crippen LogP contribution is 2.32. The van der Waals surface area contributed by atoms with Gasteiger partial charge in [0.15, 0.2) is 5.11 Å². The van der Waals surface area contributed by atoms with Gasteiger partial charge in [-0.3, -0.25) is 19.7 Å². The average molecular weight is 466 g/mol. The zero-order chi connectivity index (χ0) is 22.8. The highest BCUT2D eigenvalue weighted by molar-refractivity contribution is 7.80. The number of anilines is 2. The van der Waals surface area contributed by atoms with Gasteiger partial charge in [0.05, 0.1) is 34.6 Å². The van der Waals surface area contributed by atoms with Gasteiger partial charge in [0.1, 0.15) is 5.75 Å². The molecule has 0 radical (unpaired) electrons. The molecule has 1 heterocycles. The summed E-state index contributed by atoms with van der Waals surface area (Å²) in [5, 5.41) is 5.64. The van der Waals surface area contributed by atoms with Crippen LogP contribution in [-0.4, -0.2) is 29.9 Å². The van der Waals surface area contributed by atoms with Gasteiger partial charge in [-0.25, -0.2) is 4.90 Å². The Hall–Kier alpha value is -3.75. The van der Waals surface area contributed by atoms with Gasteiger partial charge in [-0.1, -0.05) is 35.9 Å². The van der Waals surface area contributed by atoms with E-state index in [0.717, 1.165) is 4.90 Å². The second-order valence-electron chi connectivity index (χ2n) is 6.77. The molecule has 9 heteroatoms. The van der Waals surface area contributed by atoms with Crippen molar-refractivity contribution in [2.75, 3.05) is 17.3 Å². The number of benzene rings is 3. The number of nitrogens with zero attached hydrogens (tertiary/aromatic N) is 1. The highest BCUT2D eigenvalue weighted by atomic mass is 35.5. The number of methoxy groups -OCH3 is 1. The first-order chi connectivity index (χ1) is 15.4. The molecule has 1 aliphatic heterocycles. The summed E-state index contributed by atoms with van der Waals surface area (Å²) in [7, 11) is 1.48. The Bertz CT molecular complexity index is 1260. The quantitative estimate of drug-likeness (QED) is 0.442. The lowest BCUT2D eigenvalue weighted by molar-refractivity contribution is 0.0924. The summed E-state index contributed by atoms with van der Waals surface area (Å²) in [6, 6.07) is 18.0. The number of nitrogens with one attached hydrogen (secondary N) is 2. The third-order valence-corrected chi connectivity index (χ3v) is 5.32. The topological polar surface area (TPSA) is 87.7 Å². The first-order valence-electron chi connectivity index (χ1n) is 9.43. The lowest BCUT2D eigenvalue weighted by Gasteiger charge is -2.14. The van der Waals surface area contributed by atoms with Crippen LogP contribution in [0.4, 0.5) is 11.4 Å². The Morgan fingerprint density at radius 1 is 1.00 bits per heavy atom. The van der Waals surface area contributed by atoms with Crippen LogP contribution in [0.25, 0.3) is 0 Å². The maximum Gasteiger partial charge on any atom is 0.268 e. The number of ether oxygens (including phenoxy) is 1. The van der Waals surface area contributed by atoms with Crippen LogP contribution in [0, 0.1) is 0 Å². The third-order valence-electron chi connectivity index (χ3n) is 4.82. The summed E-state index contributed by atoms with van der Waals surface area (Å²) < 4.78 is 5.08. The van der Waals surface area contributed by atoms with E-state index in [2.05, 4.69) is 10.6 Å². The summed E-state index contributed by atoms with van der Waals surface area (Å²) in [5.74, 6) is -0.957. The second-order valence-corrected chi connectivity index (χ2v) is 7.58. The Kier molecular flexibility index (Phi) is 5.89. The molecule has 0 aliphatic carbocycles. The standard InChI is InChI=1S/C23H16ClN3O4S/c1-31-18-11-10-13(12-16(18)24)20(28)26-23(32)25-17-9-5-8-15-19(17)22(30)27(21(15)29)14-6-3-2-4-7-14/h2-12H,1H3,(H2,25,26,28,32). The zero-order valence-corrected chi connectivity index (χ0v) is 18.3. The molecular weight excluding hydrogens is 450 g/mol. The molecule has 3 amide bonds. The van der Waals surface area contributed by atoms with Gasteiger partial charge in [0.2, 0.25) is 0 Å². The van der Waals surface area contributed by atoms with Crippen molar-refractivity contribution < 1.29 is 19.1 Å². The lowest BCUT2D eigenvalue weighted by Crippen LogP contribution is -2.34. The molecule has 0 saturated heterocycles. The monoisotopic (exact) mass is 465 g/mol. The van der Waals surface area contributed by atoms with Crippen molar-refractivity contribution in [3.05, 3.63) is 88.4 Å². The SMILES string of the molecule is COc1ccc(C(=O)NC(=S)Nc2cccc3c2C(=O)N(c2ccccc2)C3=O)cc1Cl. The molecular formula is C23H16ClN3O4S. The molecule has 0 bridgehead atoms. The van der Waals surface area contributed by atoms with Crippen molar-refractivity contribution in [3.8, 4) is 5.75 Å². The molecule has 0 spiro atoms. The van der Waals surface area contributed by atoms with E-state index in [1.54, 1.807) is 60.7 Å². The average Bonchev–Trinajstić information content (AvgIpc) is 3.05. The van der Waals surface area contributed by atoms with Crippen LogP contribution in [0.1, 0.15) is 31.1 Å². The van der Waals surface area contributed by atoms with E-state index in [9.17, 15) is 14.4 Å². The molecule has 0 fully saturated rings. The first-order valence-corrected chi connectivity index (χ1v) is 10.2. The molecule has 160 valence electrons. The van der Waals surface area contributed by atoms with Crippen LogP contribution in [0.5, 0.6) is 5.75 Å². The molecule has 0 saturated carbocycles. The van der Waals surface area contributed by atoms with Crippen molar-refractivity contribution >= 4 is 58.0 Å². The van der Waals surface area contributed by atoms with E-state index >= 15 is 0 Å². The van der Waals surface area contributed by atoms with Crippen molar-refractivity contribution in [3.63, 3.8) is 0 Å². The van der Waals surface area contributed by atoms with Gasteiger partial charge < -0.3 is 10.1 Å². The summed E-state index contributed by atoms with van der Waals surface area (Å²) in [6.07, 6.45) is 0. The van der Waals surface area contributed by atoms with Gasteiger partial charge in [-0.15, -0.1) is 0 Å². The fourth-order valence-corrected chi connectivity index (χ4v) is 3.80. The number of hydrogen-bond donors (Lipinski definition) is 2. The van der Waals surface area contributed by atoms with Crippen LogP contribution >= 0.6 is 23.8 Å². The number of amides is 3. The number of imide groups is 1. The number of carbonyl (C=O) groups is 3. The van der Waals surface area contributed by atoms with Gasteiger partial charge >= 0.3 is 0 Å². The Labute approximate surface area is 193 Å². The van der Waals surface area contributed by atoms with Crippen molar-refractivity contribution in [1.29, 1.82) is 0 Å². The molecule has 4 rings (SSSR count). The van der Waals surface area contributed by atoms with Gasteiger partial charge in [-0.05, 0) is 54.7 Å². The number of hydrogen-bond acceptors (Lipinski definition) is 5. The predicted molar refractivity (Wildman–Crippen MR) is 126 cm³/mol. The van der Waals surface area contributed by atoms with Gasteiger partial charge in [0, 0.05) is 5.56 Å². The molecule has 1 aliphatic rings. The van der Waals surface area contributed by atoms with Crippen molar-refractivity contribution in [1.82, 2.24) is 5.32 Å². The minimum Gasteiger partial charge on any atom is -0.495 e. The Balaban J connectivity index is 1.54. The van der Waals surface area contributed by atoms with E-state index < -0.39 is 17.7 Å². The van der Waals surface area contributed by atoms with Crippen LogP contribution < -0.4 is 20.3 Å². The number of fused-ring (bicyclic) bond motifs is 1. The van der Waals surface area contributed by atoms with Crippen LogP contribution in [-0.2, 0) is 0 Å². The fraction of sp³-hybridized carbons (Fsp3) is 0.0435. The van der Waals surface area contributed by atoms with E-state index in [-0.39, 0.29) is 26.8 Å². The zero-order valence-electron chi connectivity index (χ0n) is 16.7. The lowest BCUT2D eigenvalue weighted by atomic mass is 10.1. The van der Waals surface area contributed by atoms with E-state index in [0.29, 0.717) is 17.1 Å². The van der Waals surface area contributed by atoms with Crippen molar-refractivity contribution in [2.45, 2.75) is 0 Å². The number of para-hydroxylation sites is 1. The summed E-state index contributed by atoms with van der Waals surface area (Å²) in [5.41, 5.74) is 1.50. The van der Waals surface area contributed by atoms with E-state index in [4.69, 9.17) is 28.6 Å². The Morgan fingerprint density at radius 2 is 1.75 bits per heavy atom. The molecule has 3 aromatic rings. The summed E-state index contributed by atoms with van der Waals surface area (Å²) in [4.78, 5) is 39.5. The van der Waals surface area contributed by atoms with Gasteiger partial charge in [-0.2, -0.15) is 0 Å². The largest absolute Gasteiger partial charge is 0.495 e. The molecule has 2 N–H and O–H groups in total. The number of rotatable bonds is 4. The van der Waals surface area contributed by atoms with Crippen LogP contribution in [0.2, 0.25) is 5.02 Å². The van der Waals surface area contributed by atoms with Gasteiger partial charge in [0.25, 0.3) is 17.7 Å². The molecule has 0 atom stereocenters. The predicted octanol–water partition coefficient (Wildman–Crippen LogP) is 4.28. The molecule has 3 aromatic carbocycles. The molecule has 0 unspecified atom stereocenters. The van der Waals surface area contributed by atoms with E-state index in [1.807, 2.05) is 0 Å². The minimum atomic E-state index is -0.493. The van der Waals surface area contributed by atoms with Crippen LogP contribution in [0.15, 0.2) is 66.7 Å². The third kappa shape index (κ3) is 3.93. The maximum atomic E-state index is 13.1. The fourth-order valence-electron chi connectivity index (χ4n) is 3.34.